The van der Waals surface area contributed by atoms with Crippen molar-refractivity contribution in [2.75, 3.05) is 6.61 Å². The minimum atomic E-state index is -4.58. The van der Waals surface area contributed by atoms with E-state index in [1.54, 1.807) is 31.2 Å². The molecule has 11 heteroatoms. The number of hydrogen-bond acceptors (Lipinski definition) is 5. The smallest absolute Gasteiger partial charge is 0.433 e. The first-order valence-electron chi connectivity index (χ1n) is 11.4. The fourth-order valence-corrected chi connectivity index (χ4v) is 4.27. The van der Waals surface area contributed by atoms with Crippen LogP contribution < -0.4 is 4.74 Å². The molecule has 0 unspecified atom stereocenters. The van der Waals surface area contributed by atoms with Gasteiger partial charge < -0.3 is 9.84 Å². The quantitative estimate of drug-likeness (QED) is 0.238. The van der Waals surface area contributed by atoms with Crippen molar-refractivity contribution in [3.8, 4) is 39.5 Å². The lowest BCUT2D eigenvalue weighted by atomic mass is 10.0. The van der Waals surface area contributed by atoms with Gasteiger partial charge in [-0.1, -0.05) is 53.5 Å². The number of aliphatic hydroxyl groups excluding tert-OH is 1. The van der Waals surface area contributed by atoms with Gasteiger partial charge in [0.15, 0.2) is 5.65 Å². The maximum absolute atomic E-state index is 13.2. The molecule has 0 bridgehead atoms. The summed E-state index contributed by atoms with van der Waals surface area (Å²) in [6, 6.07) is 18.0. The van der Waals surface area contributed by atoms with Gasteiger partial charge in [0, 0.05) is 28.4 Å². The minimum Gasteiger partial charge on any atom is -0.475 e. The summed E-state index contributed by atoms with van der Waals surface area (Å²) < 4.78 is 46.7. The standard InChI is InChI=1S/C27H19Cl2F3N4O2/c1-15(37)14-38-23-12-21(17-8-11-22(33-13-17)27(30,31)32)36-26(34-23)24(16-6-9-18(28)10-7-16)25(35-36)19-4-2-3-5-20(19)29/h2-13,15,37H,14H2,1H3/t15-/m1/s1. The number of hydrogen-bond donors (Lipinski definition) is 1. The average Bonchev–Trinajstić information content (AvgIpc) is 3.26. The predicted octanol–water partition coefficient (Wildman–Crippen LogP) is 7.21. The number of aliphatic hydroxyl groups is 1. The third-order valence-corrected chi connectivity index (χ3v) is 6.23. The lowest BCUT2D eigenvalue weighted by Crippen LogP contribution is -2.14. The first-order valence-corrected chi connectivity index (χ1v) is 12.2. The highest BCUT2D eigenvalue weighted by atomic mass is 35.5. The van der Waals surface area contributed by atoms with Gasteiger partial charge in [-0.05, 0) is 42.8 Å². The molecule has 6 nitrogen and oxygen atoms in total. The summed E-state index contributed by atoms with van der Waals surface area (Å²) in [5, 5.41) is 15.5. The van der Waals surface area contributed by atoms with E-state index in [4.69, 9.17) is 33.0 Å². The van der Waals surface area contributed by atoms with Gasteiger partial charge in [0.25, 0.3) is 0 Å². The van der Waals surface area contributed by atoms with Gasteiger partial charge in [-0.3, -0.25) is 4.98 Å². The molecule has 38 heavy (non-hydrogen) atoms. The van der Waals surface area contributed by atoms with Gasteiger partial charge in [-0.2, -0.15) is 23.3 Å². The van der Waals surface area contributed by atoms with Crippen LogP contribution in [0.4, 0.5) is 13.2 Å². The molecule has 0 spiro atoms. The molecule has 5 aromatic rings. The second-order valence-electron chi connectivity index (χ2n) is 8.52. The van der Waals surface area contributed by atoms with Crippen molar-refractivity contribution < 1.29 is 23.0 Å². The highest BCUT2D eigenvalue weighted by molar-refractivity contribution is 6.33. The van der Waals surface area contributed by atoms with E-state index in [1.807, 2.05) is 24.3 Å². The second kappa shape index (κ2) is 10.2. The molecule has 3 heterocycles. The maximum atomic E-state index is 13.2. The SMILES string of the molecule is C[C@@H](O)COc1cc(-c2ccc(C(F)(F)F)nc2)n2nc(-c3ccccc3Cl)c(-c3ccc(Cl)cc3)c2n1. The topological polar surface area (TPSA) is 72.5 Å². The normalized spacial score (nSPS) is 12.6. The van der Waals surface area contributed by atoms with Gasteiger partial charge in [0.1, 0.15) is 18.0 Å². The molecule has 3 aromatic heterocycles. The molecule has 2 aromatic carbocycles. The summed E-state index contributed by atoms with van der Waals surface area (Å²) in [7, 11) is 0. The van der Waals surface area contributed by atoms with Crippen molar-refractivity contribution in [2.45, 2.75) is 19.2 Å². The van der Waals surface area contributed by atoms with E-state index in [0.717, 1.165) is 17.8 Å². The lowest BCUT2D eigenvalue weighted by Gasteiger charge is -2.12. The van der Waals surface area contributed by atoms with E-state index in [-0.39, 0.29) is 12.5 Å². The van der Waals surface area contributed by atoms with Crippen LogP contribution in [0.25, 0.3) is 39.3 Å². The molecule has 1 atom stereocenters. The van der Waals surface area contributed by atoms with Gasteiger partial charge in [-0.25, -0.2) is 4.52 Å². The fourth-order valence-electron chi connectivity index (χ4n) is 3.92. The number of aromatic nitrogens is 4. The molecule has 1 N–H and O–H groups in total. The minimum absolute atomic E-state index is 0.0460. The van der Waals surface area contributed by atoms with Crippen LogP contribution in [0.2, 0.25) is 10.0 Å². The van der Waals surface area contributed by atoms with Crippen LogP contribution >= 0.6 is 23.2 Å². The number of pyridine rings is 1. The van der Waals surface area contributed by atoms with Crippen LogP contribution in [0.1, 0.15) is 12.6 Å². The van der Waals surface area contributed by atoms with E-state index in [9.17, 15) is 18.3 Å². The maximum Gasteiger partial charge on any atom is 0.433 e. The number of nitrogens with zero attached hydrogens (tertiary/aromatic N) is 4. The zero-order valence-corrected chi connectivity index (χ0v) is 21.3. The monoisotopic (exact) mass is 558 g/mol. The molecule has 0 aliphatic carbocycles. The number of halogens is 5. The summed E-state index contributed by atoms with van der Waals surface area (Å²) in [4.78, 5) is 8.26. The third-order valence-electron chi connectivity index (χ3n) is 5.65. The van der Waals surface area contributed by atoms with Crippen LogP contribution in [0, 0.1) is 0 Å². The van der Waals surface area contributed by atoms with Crippen molar-refractivity contribution >= 4 is 28.8 Å². The van der Waals surface area contributed by atoms with Crippen LogP contribution in [-0.4, -0.2) is 37.4 Å². The largest absolute Gasteiger partial charge is 0.475 e. The van der Waals surface area contributed by atoms with Gasteiger partial charge in [0.2, 0.25) is 5.88 Å². The molecular weight excluding hydrogens is 540 g/mol. The van der Waals surface area contributed by atoms with Crippen LogP contribution in [0.5, 0.6) is 5.88 Å². The Balaban J connectivity index is 1.81. The van der Waals surface area contributed by atoms with E-state index in [0.29, 0.717) is 43.8 Å². The van der Waals surface area contributed by atoms with Gasteiger partial charge in [-0.15, -0.1) is 0 Å². The van der Waals surface area contributed by atoms with Crippen LogP contribution in [0.3, 0.4) is 0 Å². The fraction of sp³-hybridized carbons (Fsp3) is 0.148. The lowest BCUT2D eigenvalue weighted by molar-refractivity contribution is -0.141. The van der Waals surface area contributed by atoms with Crippen molar-refractivity contribution in [2.24, 2.45) is 0 Å². The average molecular weight is 559 g/mol. The Bertz CT molecular complexity index is 1600. The predicted molar refractivity (Wildman–Crippen MR) is 139 cm³/mol. The van der Waals surface area contributed by atoms with Crippen LogP contribution in [-0.2, 0) is 6.18 Å². The summed E-state index contributed by atoms with van der Waals surface area (Å²) >= 11 is 12.7. The highest BCUT2D eigenvalue weighted by Crippen LogP contribution is 2.40. The molecule has 194 valence electrons. The van der Waals surface area contributed by atoms with Crippen molar-refractivity contribution in [3.63, 3.8) is 0 Å². The first-order chi connectivity index (χ1) is 18.1. The number of alkyl halides is 3. The van der Waals surface area contributed by atoms with E-state index < -0.39 is 18.0 Å². The van der Waals surface area contributed by atoms with Gasteiger partial charge in [0.05, 0.1) is 22.4 Å². The van der Waals surface area contributed by atoms with Gasteiger partial charge >= 0.3 is 6.18 Å². The number of benzene rings is 2. The Morgan fingerprint density at radius 2 is 1.71 bits per heavy atom. The molecule has 0 aliphatic heterocycles. The molecular formula is C27H19Cl2F3N4O2. The molecule has 0 saturated heterocycles. The number of ether oxygens (including phenoxy) is 1. The summed E-state index contributed by atoms with van der Waals surface area (Å²) in [5.74, 6) is 0.147. The Morgan fingerprint density at radius 1 is 1.00 bits per heavy atom. The zero-order chi connectivity index (χ0) is 27.0. The summed E-state index contributed by atoms with van der Waals surface area (Å²) in [6.45, 7) is 1.52. The Labute approximate surface area is 225 Å². The first kappa shape index (κ1) is 26.0. The van der Waals surface area contributed by atoms with Crippen LogP contribution in [0.15, 0.2) is 72.9 Å². The third kappa shape index (κ3) is 5.18. The Morgan fingerprint density at radius 3 is 2.34 bits per heavy atom. The molecule has 0 fully saturated rings. The molecule has 0 amide bonds. The molecule has 0 aliphatic rings. The van der Waals surface area contributed by atoms with E-state index in [2.05, 4.69) is 9.97 Å². The van der Waals surface area contributed by atoms with Crippen molar-refractivity contribution in [1.29, 1.82) is 0 Å². The van der Waals surface area contributed by atoms with Crippen molar-refractivity contribution in [1.82, 2.24) is 19.6 Å². The second-order valence-corrected chi connectivity index (χ2v) is 9.36. The van der Waals surface area contributed by atoms with E-state index in [1.165, 1.54) is 16.6 Å². The van der Waals surface area contributed by atoms with E-state index >= 15 is 0 Å². The number of rotatable bonds is 6. The summed E-state index contributed by atoms with van der Waals surface area (Å²) in [5.41, 5.74) is 2.55. The molecule has 0 saturated carbocycles. The zero-order valence-electron chi connectivity index (χ0n) is 19.7. The Kier molecular flexibility index (Phi) is 7.00. The number of fused-ring (bicyclic) bond motifs is 1. The summed E-state index contributed by atoms with van der Waals surface area (Å²) in [6.07, 6.45) is -4.24. The highest BCUT2D eigenvalue weighted by Gasteiger charge is 2.32. The molecule has 0 radical (unpaired) electrons. The van der Waals surface area contributed by atoms with Crippen molar-refractivity contribution in [3.05, 3.63) is 88.7 Å². The molecule has 5 rings (SSSR count). The Hall–Kier alpha value is -3.66.